The molecular formula is C47H65IN7O14V-. The maximum Gasteiger partial charge on any atom is 0.326 e. The summed E-state index contributed by atoms with van der Waals surface area (Å²) in [6.07, 6.45) is 5.55. The number of benzene rings is 2. The molecule has 385 valence electrons. The molecule has 2 aromatic carbocycles. The Bertz CT molecular complexity index is 2010. The van der Waals surface area contributed by atoms with E-state index < -0.39 is 65.8 Å². The third-order valence-electron chi connectivity index (χ3n) is 11.5. The molecule has 70 heavy (non-hydrogen) atoms. The van der Waals surface area contributed by atoms with Crippen LogP contribution in [0.4, 0.5) is 0 Å². The van der Waals surface area contributed by atoms with Crippen molar-refractivity contribution in [3.63, 3.8) is 0 Å². The predicted octanol–water partition coefficient (Wildman–Crippen LogP) is 1.38. The quantitative estimate of drug-likeness (QED) is 0.0293. The molecule has 21 nitrogen and oxygen atoms in total. The monoisotopic (exact) mass is 1130 g/mol. The van der Waals surface area contributed by atoms with Gasteiger partial charge < -0.3 is 51.6 Å². The van der Waals surface area contributed by atoms with Crippen LogP contribution in [0.2, 0.25) is 0 Å². The van der Waals surface area contributed by atoms with Gasteiger partial charge >= 0.3 is 23.9 Å². The van der Waals surface area contributed by atoms with Gasteiger partial charge in [-0.2, -0.15) is 6.42 Å². The Kier molecular flexibility index (Phi) is 29.1. The number of unbranched alkanes of at least 4 members (excludes halogenated alkanes) is 5. The number of amides is 4. The van der Waals surface area contributed by atoms with Gasteiger partial charge in [0.15, 0.2) is 0 Å². The summed E-state index contributed by atoms with van der Waals surface area (Å²) in [6.45, 7) is 0.614. The summed E-state index contributed by atoms with van der Waals surface area (Å²) in [5.41, 5.74) is 1.15. The SMILES string of the molecule is O=[C-]CCCCCCC(=O)NCCCCC(NC(=O)C(Cc1ccccc1)NC(=O)C(Cc1ccc(O)c(I)c1)NC(=O)CCC(C(=O)O)N1CCN(CC(=O)O)CCN(CC(=O)O)CC1)C(=O)O.[V]. The number of hydrogen-bond donors (Lipinski definition) is 9. The summed E-state index contributed by atoms with van der Waals surface area (Å²) in [6, 6.07) is 7.95. The Hall–Kier alpha value is -5.14. The number of carbonyl (C=O) groups excluding carboxylic acids is 5. The molecule has 2 aromatic rings. The van der Waals surface area contributed by atoms with Crippen molar-refractivity contribution >= 4 is 76.4 Å². The minimum atomic E-state index is -1.35. The number of phenols is 1. The topological polar surface area (TPSA) is 313 Å². The third kappa shape index (κ3) is 24.1. The molecule has 3 rings (SSSR count). The Morgan fingerprint density at radius 3 is 1.76 bits per heavy atom. The van der Waals surface area contributed by atoms with E-state index in [4.69, 9.17) is 0 Å². The molecule has 23 heteroatoms. The van der Waals surface area contributed by atoms with Crippen LogP contribution in [-0.4, -0.2) is 177 Å². The molecule has 0 spiro atoms. The Labute approximate surface area is 432 Å². The van der Waals surface area contributed by atoms with Gasteiger partial charge in [-0.05, 0) is 78.0 Å². The maximum atomic E-state index is 14.3. The van der Waals surface area contributed by atoms with Crippen LogP contribution in [0.3, 0.4) is 0 Å². The van der Waals surface area contributed by atoms with Crippen LogP contribution >= 0.6 is 22.6 Å². The van der Waals surface area contributed by atoms with Crippen molar-refractivity contribution in [2.45, 2.75) is 108 Å². The number of rotatable bonds is 31. The van der Waals surface area contributed by atoms with Crippen LogP contribution in [0.1, 0.15) is 81.8 Å². The molecule has 1 heterocycles. The summed E-state index contributed by atoms with van der Waals surface area (Å²) in [7, 11) is 0. The number of aliphatic carboxylic acids is 4. The second-order valence-electron chi connectivity index (χ2n) is 16.9. The van der Waals surface area contributed by atoms with E-state index in [1.165, 1.54) is 6.07 Å². The molecule has 4 atom stereocenters. The number of carboxylic acids is 4. The summed E-state index contributed by atoms with van der Waals surface area (Å²) in [5.74, 6) is -7.28. The first-order valence-electron chi connectivity index (χ1n) is 23.1. The fraction of sp³-hybridized carbons (Fsp3) is 0.553. The second-order valence-corrected chi connectivity index (χ2v) is 18.1. The minimum absolute atomic E-state index is 0. The van der Waals surface area contributed by atoms with Crippen LogP contribution in [0.5, 0.6) is 5.75 Å². The van der Waals surface area contributed by atoms with Gasteiger partial charge in [-0.3, -0.25) is 54.5 Å². The van der Waals surface area contributed by atoms with E-state index >= 15 is 0 Å². The Morgan fingerprint density at radius 2 is 1.19 bits per heavy atom. The van der Waals surface area contributed by atoms with E-state index in [1.807, 2.05) is 28.9 Å². The molecule has 4 unspecified atom stereocenters. The van der Waals surface area contributed by atoms with Crippen LogP contribution in [0.15, 0.2) is 48.5 Å². The normalized spacial score (nSPS) is 15.2. The number of hydrogen-bond acceptors (Lipinski definition) is 13. The first kappa shape index (κ1) is 61.0. The smallest absolute Gasteiger partial charge is 0.326 e. The third-order valence-corrected chi connectivity index (χ3v) is 12.4. The van der Waals surface area contributed by atoms with Gasteiger partial charge in [0.05, 0.1) is 16.7 Å². The fourth-order valence-corrected chi connectivity index (χ4v) is 8.35. The average molecular weight is 1130 g/mol. The van der Waals surface area contributed by atoms with Gasteiger partial charge in [-0.1, -0.05) is 55.7 Å². The molecular weight excluding hydrogens is 1060 g/mol. The zero-order chi connectivity index (χ0) is 50.7. The number of nitrogens with one attached hydrogen (secondary N) is 4. The minimum Gasteiger partial charge on any atom is -0.542 e. The summed E-state index contributed by atoms with van der Waals surface area (Å²) in [4.78, 5) is 117. The molecule has 0 saturated carbocycles. The molecule has 9 N–H and O–H groups in total. The van der Waals surface area contributed by atoms with Gasteiger partial charge in [0.1, 0.15) is 29.9 Å². The van der Waals surface area contributed by atoms with Crippen molar-refractivity contribution in [2.24, 2.45) is 0 Å². The zero-order valence-electron chi connectivity index (χ0n) is 39.1. The summed E-state index contributed by atoms with van der Waals surface area (Å²) >= 11 is 1.90. The van der Waals surface area contributed by atoms with Gasteiger partial charge in [0.25, 0.3) is 0 Å². The Morgan fingerprint density at radius 1 is 0.614 bits per heavy atom. The van der Waals surface area contributed by atoms with E-state index in [9.17, 15) is 68.7 Å². The zero-order valence-corrected chi connectivity index (χ0v) is 42.6. The van der Waals surface area contributed by atoms with Crippen molar-refractivity contribution < 1.29 is 87.2 Å². The van der Waals surface area contributed by atoms with E-state index in [2.05, 4.69) is 21.3 Å². The van der Waals surface area contributed by atoms with Crippen LogP contribution in [0, 0.1) is 3.57 Å². The molecule has 0 bridgehead atoms. The molecule has 0 aromatic heterocycles. The summed E-state index contributed by atoms with van der Waals surface area (Å²) < 4.78 is 0.453. The fourth-order valence-electron chi connectivity index (χ4n) is 7.77. The first-order chi connectivity index (χ1) is 32.9. The van der Waals surface area contributed by atoms with Gasteiger partial charge in [-0.15, -0.1) is 0 Å². The summed E-state index contributed by atoms with van der Waals surface area (Å²) in [5, 5.41) is 60.2. The first-order valence-corrected chi connectivity index (χ1v) is 24.1. The van der Waals surface area contributed by atoms with E-state index in [0.29, 0.717) is 53.3 Å². The molecule has 1 saturated heterocycles. The van der Waals surface area contributed by atoms with Crippen molar-refractivity contribution in [3.05, 3.63) is 63.2 Å². The number of carbonyl (C=O) groups is 8. The van der Waals surface area contributed by atoms with Crippen molar-refractivity contribution in [2.75, 3.05) is 58.9 Å². The molecule has 1 radical (unpaired) electrons. The molecule has 0 aliphatic carbocycles. The van der Waals surface area contributed by atoms with Crippen molar-refractivity contribution in [1.29, 1.82) is 0 Å². The van der Waals surface area contributed by atoms with Gasteiger partial charge in [-0.25, -0.2) is 4.79 Å². The van der Waals surface area contributed by atoms with Gasteiger partial charge in [0, 0.05) is 90.1 Å². The van der Waals surface area contributed by atoms with Gasteiger partial charge in [0.2, 0.25) is 23.6 Å². The molecule has 1 aliphatic rings. The number of aromatic hydroxyl groups is 1. The number of halogens is 1. The second kappa shape index (κ2) is 33.4. The average Bonchev–Trinajstić information content (AvgIpc) is 3.38. The van der Waals surface area contributed by atoms with Crippen molar-refractivity contribution in [1.82, 2.24) is 36.0 Å². The number of nitrogens with zero attached hydrogens (tertiary/aromatic N) is 3. The van der Waals surface area contributed by atoms with E-state index in [-0.39, 0.29) is 115 Å². The molecule has 1 aliphatic heterocycles. The molecule has 4 amide bonds. The standard InChI is InChI=1S/C47H65IN7O14.V/c48-34-27-33(15-17-39(34)57)29-36(50-41(59)18-16-38(47(68)69)55-24-22-53(30-42(60)61)20-21-54(23-25-55)31-43(62)63)44(64)52-37(28-32-11-5-4-6-12-32)45(65)51-35(46(66)67)13-8-9-19-49-40(58)14-7-2-1-3-10-26-56;/h4-6,11-12,15,17,27,35-38,57H,1-3,7-10,13-14,16,18-25,28-31H2,(H,49,58)(H,50,59)(H,51,65)(H,52,64)(H,60,61)(H,62,63)(H,66,67)(H,68,69);/q-1;. The van der Waals surface area contributed by atoms with E-state index in [0.717, 1.165) is 19.3 Å². The van der Waals surface area contributed by atoms with Crippen molar-refractivity contribution in [3.8, 4) is 5.75 Å². The van der Waals surface area contributed by atoms with Crippen LogP contribution in [0.25, 0.3) is 0 Å². The molecule has 1 fully saturated rings. The van der Waals surface area contributed by atoms with Crippen LogP contribution < -0.4 is 21.3 Å². The van der Waals surface area contributed by atoms with E-state index in [1.54, 1.807) is 57.2 Å². The predicted molar refractivity (Wildman–Crippen MR) is 259 cm³/mol. The number of phenolic OH excluding ortho intramolecular Hbond substituents is 1. The van der Waals surface area contributed by atoms with Crippen LogP contribution in [-0.2, 0) is 74.5 Å². The Balaban J connectivity index is 0.0000168. The largest absolute Gasteiger partial charge is 0.542 e. The number of carboxylic acid groups (broad SMARTS) is 4. The maximum absolute atomic E-state index is 14.3.